The Kier molecular flexibility index (Phi) is 6.27. The molecule has 2 heterocycles. The maximum absolute atomic E-state index is 12.9. The fourth-order valence-electron chi connectivity index (χ4n) is 4.47. The number of likely N-dealkylation sites (tertiary alicyclic amines) is 1. The van der Waals surface area contributed by atoms with Gasteiger partial charge >= 0.3 is 0 Å². The molecule has 1 saturated heterocycles. The van der Waals surface area contributed by atoms with Crippen LogP contribution in [0.4, 0.5) is 5.69 Å². The standard InChI is InChI=1S/C23H30N4O2S/c1-24-23(26-14-11-20(18-26)17-19-7-3-2-4-8-19)25-13-16-30(28,29)27-15-12-21-9-5-6-10-22(21)27/h2-10,20H,11-18H2,1H3,(H,24,25). The van der Waals surface area contributed by atoms with Gasteiger partial charge in [-0.05, 0) is 42.4 Å². The summed E-state index contributed by atoms with van der Waals surface area (Å²) in [7, 11) is -1.59. The second-order valence-corrected chi connectivity index (χ2v) is 10.0. The van der Waals surface area contributed by atoms with Crippen LogP contribution < -0.4 is 9.62 Å². The first-order chi connectivity index (χ1) is 14.6. The van der Waals surface area contributed by atoms with Gasteiger partial charge in [-0.2, -0.15) is 0 Å². The predicted molar refractivity (Wildman–Crippen MR) is 122 cm³/mol. The minimum Gasteiger partial charge on any atom is -0.355 e. The van der Waals surface area contributed by atoms with Gasteiger partial charge in [0, 0.05) is 33.2 Å². The zero-order valence-corrected chi connectivity index (χ0v) is 18.3. The first-order valence-electron chi connectivity index (χ1n) is 10.6. The molecule has 6 nitrogen and oxygen atoms in total. The third-order valence-corrected chi connectivity index (χ3v) is 7.76. The van der Waals surface area contributed by atoms with Crippen molar-refractivity contribution in [1.82, 2.24) is 10.2 Å². The molecule has 0 radical (unpaired) electrons. The first-order valence-corrected chi connectivity index (χ1v) is 12.3. The number of nitrogens with one attached hydrogen (secondary N) is 1. The van der Waals surface area contributed by atoms with Crippen molar-refractivity contribution in [2.75, 3.05) is 43.3 Å². The number of hydrogen-bond acceptors (Lipinski definition) is 3. The van der Waals surface area contributed by atoms with Gasteiger partial charge in [-0.25, -0.2) is 8.42 Å². The van der Waals surface area contributed by atoms with Crippen molar-refractivity contribution < 1.29 is 8.42 Å². The van der Waals surface area contributed by atoms with E-state index in [-0.39, 0.29) is 5.75 Å². The van der Waals surface area contributed by atoms with E-state index in [1.807, 2.05) is 30.3 Å². The van der Waals surface area contributed by atoms with Crippen molar-refractivity contribution in [1.29, 1.82) is 0 Å². The molecule has 0 aromatic heterocycles. The minimum absolute atomic E-state index is 0.0572. The quantitative estimate of drug-likeness (QED) is 0.569. The van der Waals surface area contributed by atoms with Gasteiger partial charge in [0.25, 0.3) is 0 Å². The van der Waals surface area contributed by atoms with E-state index in [4.69, 9.17) is 0 Å². The molecule has 160 valence electrons. The van der Waals surface area contributed by atoms with Gasteiger partial charge in [0.15, 0.2) is 5.96 Å². The summed E-state index contributed by atoms with van der Waals surface area (Å²) >= 11 is 0. The van der Waals surface area contributed by atoms with Crippen LogP contribution in [0.25, 0.3) is 0 Å². The molecule has 7 heteroatoms. The van der Waals surface area contributed by atoms with Crippen molar-refractivity contribution in [3.05, 3.63) is 65.7 Å². The Bertz CT molecular complexity index is 991. The monoisotopic (exact) mass is 426 g/mol. The number of aliphatic imine (C=N–C) groups is 1. The zero-order chi connectivity index (χ0) is 21.0. The maximum atomic E-state index is 12.9. The normalized spacial score (nSPS) is 19.2. The topological polar surface area (TPSA) is 65.0 Å². The fraction of sp³-hybridized carbons (Fsp3) is 0.435. The number of fused-ring (bicyclic) bond motifs is 1. The molecular formula is C23H30N4O2S. The largest absolute Gasteiger partial charge is 0.355 e. The molecule has 1 fully saturated rings. The molecule has 30 heavy (non-hydrogen) atoms. The third-order valence-electron chi connectivity index (χ3n) is 5.99. The van der Waals surface area contributed by atoms with Crippen molar-refractivity contribution >= 4 is 21.7 Å². The van der Waals surface area contributed by atoms with E-state index in [1.165, 1.54) is 5.56 Å². The van der Waals surface area contributed by atoms with Crippen LogP contribution >= 0.6 is 0 Å². The lowest BCUT2D eigenvalue weighted by atomic mass is 9.99. The number of guanidine groups is 1. The summed E-state index contributed by atoms with van der Waals surface area (Å²) in [5, 5.41) is 3.27. The van der Waals surface area contributed by atoms with Crippen LogP contribution in [0.5, 0.6) is 0 Å². The highest BCUT2D eigenvalue weighted by Gasteiger charge is 2.29. The Morgan fingerprint density at radius 3 is 2.67 bits per heavy atom. The lowest BCUT2D eigenvalue weighted by Gasteiger charge is -2.23. The molecule has 0 bridgehead atoms. The summed E-state index contributed by atoms with van der Waals surface area (Å²) in [6, 6.07) is 18.3. The average Bonchev–Trinajstić information content (AvgIpc) is 3.39. The van der Waals surface area contributed by atoms with Crippen LogP contribution in [0.15, 0.2) is 59.6 Å². The van der Waals surface area contributed by atoms with Gasteiger partial charge in [0.2, 0.25) is 10.0 Å². The molecule has 0 amide bonds. The highest BCUT2D eigenvalue weighted by molar-refractivity contribution is 7.92. The van der Waals surface area contributed by atoms with Gasteiger partial charge in [-0.3, -0.25) is 9.30 Å². The summed E-state index contributed by atoms with van der Waals surface area (Å²) in [5.74, 6) is 1.44. The molecule has 2 aromatic rings. The van der Waals surface area contributed by atoms with Gasteiger partial charge < -0.3 is 10.2 Å². The van der Waals surface area contributed by atoms with Gasteiger partial charge in [-0.1, -0.05) is 48.5 Å². The maximum Gasteiger partial charge on any atom is 0.236 e. The third kappa shape index (κ3) is 4.61. The van der Waals surface area contributed by atoms with Gasteiger partial charge in [0.1, 0.15) is 0 Å². The van der Waals surface area contributed by atoms with E-state index in [9.17, 15) is 8.42 Å². The minimum atomic E-state index is -3.35. The number of hydrogen-bond donors (Lipinski definition) is 1. The smallest absolute Gasteiger partial charge is 0.236 e. The Morgan fingerprint density at radius 1 is 1.10 bits per heavy atom. The van der Waals surface area contributed by atoms with Crippen LogP contribution in [0.2, 0.25) is 0 Å². The molecule has 0 spiro atoms. The van der Waals surface area contributed by atoms with Crippen molar-refractivity contribution in [3.8, 4) is 0 Å². The second kappa shape index (κ2) is 9.08. The second-order valence-electron chi connectivity index (χ2n) is 8.03. The Balaban J connectivity index is 1.29. The molecule has 1 unspecified atom stereocenters. The molecule has 2 aliphatic heterocycles. The Labute approximate surface area is 179 Å². The number of rotatable bonds is 6. The zero-order valence-electron chi connectivity index (χ0n) is 17.5. The lowest BCUT2D eigenvalue weighted by Crippen LogP contribution is -2.43. The summed E-state index contributed by atoms with van der Waals surface area (Å²) in [5.41, 5.74) is 3.29. The van der Waals surface area contributed by atoms with Crippen molar-refractivity contribution in [3.63, 3.8) is 0 Å². The summed E-state index contributed by atoms with van der Waals surface area (Å²) < 4.78 is 27.3. The fourth-order valence-corrected chi connectivity index (χ4v) is 5.90. The van der Waals surface area contributed by atoms with Crippen molar-refractivity contribution in [2.24, 2.45) is 10.9 Å². The van der Waals surface area contributed by atoms with Crippen LogP contribution in [-0.2, 0) is 22.9 Å². The molecule has 1 atom stereocenters. The van der Waals surface area contributed by atoms with Crippen LogP contribution in [-0.4, -0.2) is 58.3 Å². The van der Waals surface area contributed by atoms with E-state index < -0.39 is 10.0 Å². The van der Waals surface area contributed by atoms with Crippen molar-refractivity contribution in [2.45, 2.75) is 19.3 Å². The number of anilines is 1. The van der Waals surface area contributed by atoms with E-state index in [2.05, 4.69) is 39.5 Å². The van der Waals surface area contributed by atoms with E-state index >= 15 is 0 Å². The molecule has 4 rings (SSSR count). The van der Waals surface area contributed by atoms with E-state index in [0.717, 1.165) is 49.6 Å². The summed E-state index contributed by atoms with van der Waals surface area (Å²) in [4.78, 5) is 6.63. The van der Waals surface area contributed by atoms with E-state index in [1.54, 1.807) is 11.4 Å². The Morgan fingerprint density at radius 2 is 1.87 bits per heavy atom. The van der Waals surface area contributed by atoms with Crippen LogP contribution in [0, 0.1) is 5.92 Å². The molecule has 2 aromatic carbocycles. The molecule has 0 aliphatic carbocycles. The van der Waals surface area contributed by atoms with Gasteiger partial charge in [0.05, 0.1) is 11.4 Å². The molecular weight excluding hydrogens is 396 g/mol. The van der Waals surface area contributed by atoms with Crippen LogP contribution in [0.3, 0.4) is 0 Å². The predicted octanol–water partition coefficient (Wildman–Crippen LogP) is 2.52. The number of nitrogens with zero attached hydrogens (tertiary/aromatic N) is 3. The van der Waals surface area contributed by atoms with Crippen LogP contribution in [0.1, 0.15) is 17.5 Å². The number of benzene rings is 2. The molecule has 0 saturated carbocycles. The molecule has 1 N–H and O–H groups in total. The lowest BCUT2D eigenvalue weighted by molar-refractivity contribution is 0.461. The SMILES string of the molecule is CN=C(NCCS(=O)(=O)N1CCc2ccccc21)N1CCC(Cc2ccccc2)C1. The summed E-state index contributed by atoms with van der Waals surface area (Å²) in [6.07, 6.45) is 2.97. The summed E-state index contributed by atoms with van der Waals surface area (Å²) in [6.45, 7) is 2.78. The Hall–Kier alpha value is -2.54. The highest BCUT2D eigenvalue weighted by atomic mass is 32.2. The molecule has 2 aliphatic rings. The number of sulfonamides is 1. The van der Waals surface area contributed by atoms with Gasteiger partial charge in [-0.15, -0.1) is 0 Å². The highest BCUT2D eigenvalue weighted by Crippen LogP contribution is 2.29. The number of para-hydroxylation sites is 1. The first kappa shape index (κ1) is 20.7. The average molecular weight is 427 g/mol. The van der Waals surface area contributed by atoms with E-state index in [0.29, 0.717) is 19.0 Å².